The second-order valence-electron chi connectivity index (χ2n) is 6.90. The predicted molar refractivity (Wildman–Crippen MR) is 117 cm³/mol. The van der Waals surface area contributed by atoms with Crippen LogP contribution in [-0.2, 0) is 4.79 Å². The van der Waals surface area contributed by atoms with Gasteiger partial charge in [-0.15, -0.1) is 0 Å². The van der Waals surface area contributed by atoms with Crippen LogP contribution in [0.4, 0.5) is 11.4 Å². The second kappa shape index (κ2) is 10.1. The number of nitro benzene ring substituents is 1. The van der Waals surface area contributed by atoms with E-state index in [2.05, 4.69) is 10.2 Å². The van der Waals surface area contributed by atoms with E-state index >= 15 is 0 Å². The molecular formula is C21H23ClN4O5. The van der Waals surface area contributed by atoms with Crippen molar-refractivity contribution in [1.29, 1.82) is 0 Å². The standard InChI is InChI=1S/C21H23ClN4O5/c1-2-31-19-7-6-15(12-18(19)26(29)30)21(28)23-14-20(27)25-10-8-24(9-11-25)17-5-3-4-16(22)13-17/h3-7,12-13H,2,8-11,14H2,1H3,(H,23,28). The van der Waals surface area contributed by atoms with Crippen LogP contribution < -0.4 is 15.0 Å². The lowest BCUT2D eigenvalue weighted by molar-refractivity contribution is -0.385. The lowest BCUT2D eigenvalue weighted by Crippen LogP contribution is -2.51. The highest BCUT2D eigenvalue weighted by molar-refractivity contribution is 6.30. The van der Waals surface area contributed by atoms with Crippen molar-refractivity contribution >= 4 is 34.8 Å². The van der Waals surface area contributed by atoms with Crippen LogP contribution in [-0.4, -0.2) is 61.0 Å². The summed E-state index contributed by atoms with van der Waals surface area (Å²) in [6.07, 6.45) is 0. The van der Waals surface area contributed by atoms with Crippen LogP contribution in [0.2, 0.25) is 5.02 Å². The SMILES string of the molecule is CCOc1ccc(C(=O)NCC(=O)N2CCN(c3cccc(Cl)c3)CC2)cc1[N+](=O)[O-]. The minimum atomic E-state index is -0.605. The molecule has 2 aromatic carbocycles. The van der Waals surface area contributed by atoms with E-state index in [1.165, 1.54) is 12.1 Å². The van der Waals surface area contributed by atoms with Gasteiger partial charge in [-0.2, -0.15) is 0 Å². The fraction of sp³-hybridized carbons (Fsp3) is 0.333. The molecule has 31 heavy (non-hydrogen) atoms. The van der Waals surface area contributed by atoms with Gasteiger partial charge in [0.1, 0.15) is 0 Å². The number of hydrogen-bond acceptors (Lipinski definition) is 6. The number of halogens is 1. The van der Waals surface area contributed by atoms with Crippen LogP contribution in [0.3, 0.4) is 0 Å². The minimum absolute atomic E-state index is 0.0914. The lowest BCUT2D eigenvalue weighted by Gasteiger charge is -2.36. The number of rotatable bonds is 7. The van der Waals surface area contributed by atoms with Gasteiger partial charge >= 0.3 is 5.69 Å². The van der Waals surface area contributed by atoms with E-state index in [9.17, 15) is 19.7 Å². The molecule has 0 saturated carbocycles. The Hall–Kier alpha value is -3.33. The highest BCUT2D eigenvalue weighted by Gasteiger charge is 2.23. The highest BCUT2D eigenvalue weighted by Crippen LogP contribution is 2.28. The van der Waals surface area contributed by atoms with Crippen molar-refractivity contribution in [2.45, 2.75) is 6.92 Å². The Bertz CT molecular complexity index is 976. The zero-order valence-corrected chi connectivity index (χ0v) is 17.8. The van der Waals surface area contributed by atoms with E-state index in [4.69, 9.17) is 16.3 Å². The zero-order valence-electron chi connectivity index (χ0n) is 17.0. The van der Waals surface area contributed by atoms with Gasteiger partial charge in [0.05, 0.1) is 18.1 Å². The Kier molecular flexibility index (Phi) is 7.30. The Morgan fingerprint density at radius 3 is 2.55 bits per heavy atom. The molecule has 0 spiro atoms. The Morgan fingerprint density at radius 1 is 1.16 bits per heavy atom. The summed E-state index contributed by atoms with van der Waals surface area (Å²) in [5.41, 5.74) is 0.802. The van der Waals surface area contributed by atoms with Crippen LogP contribution >= 0.6 is 11.6 Å². The molecule has 0 aliphatic carbocycles. The van der Waals surface area contributed by atoms with Gasteiger partial charge in [-0.1, -0.05) is 17.7 Å². The third kappa shape index (κ3) is 5.64. The van der Waals surface area contributed by atoms with Crippen molar-refractivity contribution < 1.29 is 19.2 Å². The van der Waals surface area contributed by atoms with Crippen molar-refractivity contribution in [3.63, 3.8) is 0 Å². The molecule has 2 aromatic rings. The fourth-order valence-electron chi connectivity index (χ4n) is 3.34. The molecule has 1 fully saturated rings. The molecule has 0 bridgehead atoms. The molecule has 2 amide bonds. The number of amides is 2. The molecule has 1 saturated heterocycles. The Morgan fingerprint density at radius 2 is 1.90 bits per heavy atom. The topological polar surface area (TPSA) is 105 Å². The van der Waals surface area contributed by atoms with Crippen LogP contribution in [0.15, 0.2) is 42.5 Å². The van der Waals surface area contributed by atoms with Crippen molar-refractivity contribution in [3.05, 3.63) is 63.2 Å². The van der Waals surface area contributed by atoms with Gasteiger partial charge < -0.3 is 19.9 Å². The summed E-state index contributed by atoms with van der Waals surface area (Å²) in [7, 11) is 0. The lowest BCUT2D eigenvalue weighted by atomic mass is 10.1. The van der Waals surface area contributed by atoms with Gasteiger partial charge in [0.25, 0.3) is 5.91 Å². The number of piperazine rings is 1. The number of carbonyl (C=O) groups excluding carboxylic acids is 2. The molecule has 1 N–H and O–H groups in total. The number of nitro groups is 1. The molecule has 3 rings (SSSR count). The van der Waals surface area contributed by atoms with E-state index in [0.29, 0.717) is 31.2 Å². The van der Waals surface area contributed by atoms with Gasteiger partial charge in [-0.3, -0.25) is 19.7 Å². The second-order valence-corrected chi connectivity index (χ2v) is 7.34. The molecular weight excluding hydrogens is 424 g/mol. The van der Waals surface area contributed by atoms with Crippen LogP contribution in [0.25, 0.3) is 0 Å². The number of nitrogens with zero attached hydrogens (tertiary/aromatic N) is 3. The monoisotopic (exact) mass is 446 g/mol. The third-order valence-corrected chi connectivity index (χ3v) is 5.16. The van der Waals surface area contributed by atoms with Crippen LogP contribution in [0.5, 0.6) is 5.75 Å². The Balaban J connectivity index is 1.53. The average Bonchev–Trinajstić information content (AvgIpc) is 2.77. The molecule has 0 unspecified atom stereocenters. The summed E-state index contributed by atoms with van der Waals surface area (Å²) >= 11 is 6.04. The smallest absolute Gasteiger partial charge is 0.311 e. The first-order chi connectivity index (χ1) is 14.9. The molecule has 10 heteroatoms. The van der Waals surface area contributed by atoms with Gasteiger partial charge in [-0.25, -0.2) is 0 Å². The largest absolute Gasteiger partial charge is 0.487 e. The van der Waals surface area contributed by atoms with Gasteiger partial charge in [0, 0.05) is 48.5 Å². The first-order valence-corrected chi connectivity index (χ1v) is 10.2. The predicted octanol–water partition coefficient (Wildman–Crippen LogP) is 2.73. The number of nitrogens with one attached hydrogen (secondary N) is 1. The van der Waals surface area contributed by atoms with E-state index in [0.717, 1.165) is 11.8 Å². The van der Waals surface area contributed by atoms with Crippen molar-refractivity contribution in [1.82, 2.24) is 10.2 Å². The van der Waals surface area contributed by atoms with Crippen molar-refractivity contribution in [2.24, 2.45) is 0 Å². The van der Waals surface area contributed by atoms with Crippen molar-refractivity contribution in [2.75, 3.05) is 44.2 Å². The maximum atomic E-state index is 12.5. The van der Waals surface area contributed by atoms with Crippen molar-refractivity contribution in [3.8, 4) is 5.75 Å². The molecule has 0 atom stereocenters. The maximum absolute atomic E-state index is 12.5. The number of benzene rings is 2. The van der Waals surface area contributed by atoms with Crippen LogP contribution in [0.1, 0.15) is 17.3 Å². The molecule has 164 valence electrons. The summed E-state index contributed by atoms with van der Waals surface area (Å²) in [5.74, 6) is -0.672. The normalized spacial score (nSPS) is 13.6. The van der Waals surface area contributed by atoms with E-state index < -0.39 is 10.8 Å². The zero-order chi connectivity index (χ0) is 22.4. The maximum Gasteiger partial charge on any atom is 0.311 e. The van der Waals surface area contributed by atoms with Crippen LogP contribution in [0, 0.1) is 10.1 Å². The first-order valence-electron chi connectivity index (χ1n) is 9.86. The summed E-state index contributed by atoms with van der Waals surface area (Å²) in [6, 6.07) is 11.5. The molecule has 1 heterocycles. The van der Waals surface area contributed by atoms with E-state index in [1.807, 2.05) is 24.3 Å². The molecule has 9 nitrogen and oxygen atoms in total. The Labute approximate surface area is 184 Å². The summed E-state index contributed by atoms with van der Waals surface area (Å²) in [5, 5.41) is 14.4. The fourth-order valence-corrected chi connectivity index (χ4v) is 3.52. The number of hydrogen-bond donors (Lipinski definition) is 1. The highest BCUT2D eigenvalue weighted by atomic mass is 35.5. The third-order valence-electron chi connectivity index (χ3n) is 4.92. The quantitative estimate of drug-likeness (QED) is 0.518. The number of carbonyl (C=O) groups is 2. The number of anilines is 1. The molecule has 0 aromatic heterocycles. The van der Waals surface area contributed by atoms with E-state index in [-0.39, 0.29) is 36.1 Å². The summed E-state index contributed by atoms with van der Waals surface area (Å²) in [6.45, 7) is 4.16. The molecule has 1 aliphatic heterocycles. The minimum Gasteiger partial charge on any atom is -0.487 e. The van der Waals surface area contributed by atoms with Gasteiger partial charge in [0.15, 0.2) is 5.75 Å². The van der Waals surface area contributed by atoms with Gasteiger partial charge in [-0.05, 0) is 37.3 Å². The van der Waals surface area contributed by atoms with Gasteiger partial charge in [0.2, 0.25) is 5.91 Å². The number of ether oxygens (including phenoxy) is 1. The summed E-state index contributed by atoms with van der Waals surface area (Å²) in [4.78, 5) is 39.3. The first kappa shape index (κ1) is 22.4. The average molecular weight is 447 g/mol. The van der Waals surface area contributed by atoms with E-state index in [1.54, 1.807) is 11.8 Å². The molecule has 1 aliphatic rings. The summed E-state index contributed by atoms with van der Waals surface area (Å²) < 4.78 is 5.21. The molecule has 0 radical (unpaired) electrons.